The first-order chi connectivity index (χ1) is 9.21. The first kappa shape index (κ1) is 14.9. The predicted molar refractivity (Wildman–Crippen MR) is 85.2 cm³/mol. The van der Waals surface area contributed by atoms with Crippen LogP contribution in [0.5, 0.6) is 0 Å². The molecule has 3 N–H and O–H groups in total. The maximum atomic E-state index is 10.1. The van der Waals surface area contributed by atoms with Crippen LogP contribution in [0.2, 0.25) is 0 Å². The summed E-state index contributed by atoms with van der Waals surface area (Å²) in [7, 11) is 1.62. The van der Waals surface area contributed by atoms with Crippen LogP contribution >= 0.6 is 0 Å². The minimum absolute atomic E-state index is 0.662. The van der Waals surface area contributed by atoms with Gasteiger partial charge in [-0.15, -0.1) is 0 Å². The van der Waals surface area contributed by atoms with Gasteiger partial charge in [0.1, 0.15) is 0 Å². The van der Waals surface area contributed by atoms with Crippen molar-refractivity contribution < 1.29 is 9.76 Å². The average Bonchev–Trinajstić information content (AvgIpc) is 2.35. The number of aliphatic hydroxyl groups is 1. The van der Waals surface area contributed by atoms with E-state index < -0.39 is 11.2 Å². The van der Waals surface area contributed by atoms with Crippen molar-refractivity contribution in [1.82, 2.24) is 0 Å². The molecular weight excluding hydrogens is 249 g/mol. The van der Waals surface area contributed by atoms with E-state index in [-0.39, 0.29) is 0 Å². The molecule has 20 heavy (non-hydrogen) atoms. The third-order valence-corrected chi connectivity index (χ3v) is 3.91. The number of hydrogen-bond acceptors (Lipinski definition) is 3. The van der Waals surface area contributed by atoms with Gasteiger partial charge in [0.05, 0.1) is 11.2 Å². The first-order valence-electron chi connectivity index (χ1n) is 6.72. The number of rotatable bonds is 4. The summed E-state index contributed by atoms with van der Waals surface area (Å²) in [4.78, 5) is 0. The Morgan fingerprint density at radius 1 is 1.05 bits per heavy atom. The van der Waals surface area contributed by atoms with Crippen LogP contribution in [-0.4, -0.2) is 23.8 Å². The zero-order valence-electron chi connectivity index (χ0n) is 12.5. The Kier molecular flexibility index (Phi) is 3.81. The average molecular weight is 270 g/mol. The molecule has 2 aromatic rings. The molecule has 0 fully saturated rings. The second kappa shape index (κ2) is 5.11. The van der Waals surface area contributed by atoms with Gasteiger partial charge < -0.3 is 15.5 Å². The maximum absolute atomic E-state index is 10.1. The van der Waals surface area contributed by atoms with Crippen molar-refractivity contribution in [1.29, 1.82) is 0 Å². The molecule has 0 atom stereocenters. The molecule has 1 radical (unpaired) electrons. The third-order valence-electron chi connectivity index (χ3n) is 3.91. The van der Waals surface area contributed by atoms with Gasteiger partial charge in [0.2, 0.25) is 0 Å². The summed E-state index contributed by atoms with van der Waals surface area (Å²) in [6.07, 6.45) is 0. The van der Waals surface area contributed by atoms with Crippen molar-refractivity contribution in [2.45, 2.75) is 38.9 Å². The normalized spacial score (nSPS) is 12.7. The fourth-order valence-electron chi connectivity index (χ4n) is 1.73. The van der Waals surface area contributed by atoms with Gasteiger partial charge in [-0.05, 0) is 50.0 Å². The highest BCUT2D eigenvalue weighted by atomic mass is 16.5. The van der Waals surface area contributed by atoms with Gasteiger partial charge in [0, 0.05) is 5.69 Å². The second-order valence-corrected chi connectivity index (χ2v) is 6.13. The molecule has 0 aliphatic carbocycles. The Morgan fingerprint density at radius 3 is 2.15 bits per heavy atom. The van der Waals surface area contributed by atoms with Gasteiger partial charge in [0.15, 0.2) is 0 Å². The lowest BCUT2D eigenvalue weighted by atomic mass is 9.81. The predicted octanol–water partition coefficient (Wildman–Crippen LogP) is 2.23. The van der Waals surface area contributed by atoms with Gasteiger partial charge in [-0.2, -0.15) is 0 Å². The lowest BCUT2D eigenvalue weighted by Crippen LogP contribution is -2.49. The second-order valence-electron chi connectivity index (χ2n) is 6.13. The highest BCUT2D eigenvalue weighted by molar-refractivity contribution is 6.50. The fourth-order valence-corrected chi connectivity index (χ4v) is 1.73. The smallest absolute Gasteiger partial charge is 0.333 e. The van der Waals surface area contributed by atoms with Crippen LogP contribution in [0.25, 0.3) is 10.8 Å². The van der Waals surface area contributed by atoms with E-state index in [1.807, 2.05) is 50.2 Å². The zero-order chi connectivity index (χ0) is 15.0. The van der Waals surface area contributed by atoms with E-state index in [4.69, 9.17) is 10.4 Å². The minimum Gasteiger partial charge on any atom is -0.427 e. The standard InChI is InChI=1S/C16H21BNO2/c1-15(2,19)16(3,4)20-17-13-9-11-7-5-6-8-12(11)10-14(13)18/h5-10,19H,18H2,1-4H3. The number of nitrogens with two attached hydrogens (primary N) is 1. The highest BCUT2D eigenvalue weighted by Gasteiger charge is 2.35. The van der Waals surface area contributed by atoms with Crippen molar-refractivity contribution in [3.8, 4) is 0 Å². The number of benzene rings is 2. The fraction of sp³-hybridized carbons (Fsp3) is 0.375. The molecule has 0 amide bonds. The maximum Gasteiger partial charge on any atom is 0.333 e. The highest BCUT2D eigenvalue weighted by Crippen LogP contribution is 2.24. The number of fused-ring (bicyclic) bond motifs is 1. The molecular formula is C16H21BNO2. The molecule has 0 aromatic heterocycles. The summed E-state index contributed by atoms with van der Waals surface area (Å²) in [6.45, 7) is 7.15. The summed E-state index contributed by atoms with van der Waals surface area (Å²) in [5.41, 5.74) is 5.88. The first-order valence-corrected chi connectivity index (χ1v) is 6.72. The molecule has 0 aliphatic heterocycles. The molecule has 2 aromatic carbocycles. The lowest BCUT2D eigenvalue weighted by molar-refractivity contribution is -0.0893. The van der Waals surface area contributed by atoms with Crippen LogP contribution < -0.4 is 11.2 Å². The lowest BCUT2D eigenvalue weighted by Gasteiger charge is -2.37. The molecule has 0 saturated heterocycles. The van der Waals surface area contributed by atoms with E-state index in [9.17, 15) is 5.11 Å². The van der Waals surface area contributed by atoms with Crippen molar-refractivity contribution in [2.24, 2.45) is 0 Å². The molecule has 4 heteroatoms. The summed E-state index contributed by atoms with van der Waals surface area (Å²) in [5.74, 6) is 0. The molecule has 0 saturated carbocycles. The summed E-state index contributed by atoms with van der Waals surface area (Å²) < 4.78 is 5.75. The van der Waals surface area contributed by atoms with Crippen molar-refractivity contribution in [2.75, 3.05) is 5.73 Å². The van der Waals surface area contributed by atoms with Gasteiger partial charge in [-0.1, -0.05) is 30.3 Å². The number of anilines is 1. The molecule has 3 nitrogen and oxygen atoms in total. The Balaban J connectivity index is 2.24. The van der Waals surface area contributed by atoms with Crippen molar-refractivity contribution in [3.63, 3.8) is 0 Å². The summed E-state index contributed by atoms with van der Waals surface area (Å²) >= 11 is 0. The zero-order valence-corrected chi connectivity index (χ0v) is 12.5. The molecule has 0 bridgehead atoms. The van der Waals surface area contributed by atoms with E-state index in [1.165, 1.54) is 0 Å². The minimum atomic E-state index is -0.949. The topological polar surface area (TPSA) is 55.5 Å². The van der Waals surface area contributed by atoms with Gasteiger partial charge in [0.25, 0.3) is 0 Å². The Labute approximate surface area is 121 Å². The van der Waals surface area contributed by atoms with Gasteiger partial charge in [-0.3, -0.25) is 0 Å². The SMILES string of the molecule is CC(C)(O)C(C)(C)O[B]c1cc2ccccc2cc1N. The summed E-state index contributed by atoms with van der Waals surface area (Å²) in [6, 6.07) is 12.0. The molecule has 0 spiro atoms. The van der Waals surface area contributed by atoms with E-state index in [0.29, 0.717) is 5.69 Å². The van der Waals surface area contributed by atoms with Crippen LogP contribution in [0.4, 0.5) is 5.69 Å². The van der Waals surface area contributed by atoms with E-state index in [1.54, 1.807) is 21.3 Å². The van der Waals surface area contributed by atoms with Gasteiger partial charge >= 0.3 is 7.48 Å². The van der Waals surface area contributed by atoms with Crippen molar-refractivity contribution in [3.05, 3.63) is 36.4 Å². The largest absolute Gasteiger partial charge is 0.427 e. The van der Waals surface area contributed by atoms with Gasteiger partial charge in [-0.25, -0.2) is 0 Å². The van der Waals surface area contributed by atoms with Crippen LogP contribution in [0.1, 0.15) is 27.7 Å². The molecule has 0 aliphatic rings. The van der Waals surface area contributed by atoms with Crippen molar-refractivity contribution >= 4 is 29.4 Å². The Morgan fingerprint density at radius 2 is 1.60 bits per heavy atom. The van der Waals surface area contributed by atoms with Crippen LogP contribution in [0.15, 0.2) is 36.4 Å². The van der Waals surface area contributed by atoms with E-state index in [0.717, 1.165) is 16.2 Å². The molecule has 105 valence electrons. The van der Waals surface area contributed by atoms with Crippen LogP contribution in [0, 0.1) is 0 Å². The number of hydrogen-bond donors (Lipinski definition) is 2. The quantitative estimate of drug-likeness (QED) is 0.661. The van der Waals surface area contributed by atoms with Crippen LogP contribution in [-0.2, 0) is 4.65 Å². The monoisotopic (exact) mass is 270 g/mol. The third kappa shape index (κ3) is 2.97. The Bertz CT molecular complexity index is 617. The molecule has 0 unspecified atom stereocenters. The van der Waals surface area contributed by atoms with E-state index >= 15 is 0 Å². The number of nitrogen functional groups attached to an aromatic ring is 1. The van der Waals surface area contributed by atoms with E-state index in [2.05, 4.69) is 0 Å². The van der Waals surface area contributed by atoms with Crippen LogP contribution in [0.3, 0.4) is 0 Å². The Hall–Kier alpha value is -1.52. The molecule has 0 heterocycles. The summed E-state index contributed by atoms with van der Waals surface area (Å²) in [5, 5.41) is 12.3. The molecule has 2 rings (SSSR count).